The maximum Gasteiger partial charge on any atom is 0.322 e. The lowest BCUT2D eigenvalue weighted by atomic mass is 10.1. The molecule has 2 aliphatic heterocycles. The SMILES string of the molecule is Cc1ccc(S(=O)(=O)OC[C@H]2O[C@@H](n3cnc4c(O[Si](c5ccccc5)(c5ccccc5)C(C)(C)C)ncnc43)[C@@H]3OC(C)(C)O[C@@H]32)cc1. The highest BCUT2D eigenvalue weighted by Crippen LogP contribution is 2.45. The summed E-state index contributed by atoms with van der Waals surface area (Å²) in [5.74, 6) is -0.574. The summed E-state index contributed by atoms with van der Waals surface area (Å²) in [6.45, 7) is 11.8. The molecule has 0 N–H and O–H groups in total. The Kier molecular flexibility index (Phi) is 8.49. The third-order valence-electron chi connectivity index (χ3n) is 9.09. The van der Waals surface area contributed by atoms with Crippen LogP contribution in [-0.4, -0.2) is 67.0 Å². The summed E-state index contributed by atoms with van der Waals surface area (Å²) in [5.41, 5.74) is 1.89. The van der Waals surface area contributed by atoms with Gasteiger partial charge in [-0.25, -0.2) is 15.0 Å². The van der Waals surface area contributed by atoms with Gasteiger partial charge in [-0.15, -0.1) is 0 Å². The topological polar surface area (TPSA) is 124 Å². The molecule has 0 unspecified atom stereocenters. The van der Waals surface area contributed by atoms with Crippen molar-refractivity contribution in [2.45, 2.75) is 81.8 Å². The number of hydrogen-bond donors (Lipinski definition) is 0. The van der Waals surface area contributed by atoms with Crippen molar-refractivity contribution in [1.29, 1.82) is 0 Å². The van der Waals surface area contributed by atoms with Crippen molar-refractivity contribution in [3.8, 4) is 5.88 Å². The fourth-order valence-corrected chi connectivity index (χ4v) is 12.1. The maximum atomic E-state index is 13.0. The Balaban J connectivity index is 1.24. The number of hydrogen-bond acceptors (Lipinski definition) is 10. The summed E-state index contributed by atoms with van der Waals surface area (Å²) in [7, 11) is -7.07. The van der Waals surface area contributed by atoms with Gasteiger partial charge in [0.05, 0.1) is 17.8 Å². The van der Waals surface area contributed by atoms with Crippen molar-refractivity contribution in [1.82, 2.24) is 19.5 Å². The number of ether oxygens (including phenoxy) is 3. The van der Waals surface area contributed by atoms with Gasteiger partial charge in [0.15, 0.2) is 23.2 Å². The van der Waals surface area contributed by atoms with Crippen molar-refractivity contribution in [2.75, 3.05) is 6.61 Å². The zero-order valence-electron chi connectivity index (χ0n) is 28.3. The van der Waals surface area contributed by atoms with Crippen LogP contribution in [0.1, 0.15) is 46.4 Å². The molecule has 7 rings (SSSR count). The van der Waals surface area contributed by atoms with Gasteiger partial charge in [0.2, 0.25) is 5.88 Å². The summed E-state index contributed by atoms with van der Waals surface area (Å²) >= 11 is 0. The van der Waals surface area contributed by atoms with Gasteiger partial charge in [-0.1, -0.05) is 99.1 Å². The first-order valence-electron chi connectivity index (χ1n) is 16.2. The largest absolute Gasteiger partial charge is 0.519 e. The highest BCUT2D eigenvalue weighted by Gasteiger charge is 2.57. The van der Waals surface area contributed by atoms with E-state index in [4.69, 9.17) is 27.8 Å². The highest BCUT2D eigenvalue weighted by molar-refractivity contribution is 7.86. The fraction of sp³-hybridized carbons (Fsp3) is 0.361. The third kappa shape index (κ3) is 6.08. The van der Waals surface area contributed by atoms with E-state index in [2.05, 4.69) is 55.0 Å². The van der Waals surface area contributed by atoms with E-state index in [9.17, 15) is 8.42 Å². The minimum absolute atomic E-state index is 0.0684. The molecule has 0 amide bonds. The van der Waals surface area contributed by atoms with Crippen molar-refractivity contribution in [3.05, 3.63) is 103 Å². The summed E-state index contributed by atoms with van der Waals surface area (Å²) < 4.78 is 59.6. The average molecular weight is 701 g/mol. The minimum Gasteiger partial charge on any atom is -0.519 e. The van der Waals surface area contributed by atoms with Crippen LogP contribution >= 0.6 is 0 Å². The first kappa shape index (κ1) is 33.5. The minimum atomic E-state index is -4.04. The van der Waals surface area contributed by atoms with Gasteiger partial charge in [-0.3, -0.25) is 8.75 Å². The molecule has 5 aromatic rings. The number of aromatic nitrogens is 4. The van der Waals surface area contributed by atoms with Gasteiger partial charge < -0.3 is 18.6 Å². The summed E-state index contributed by atoms with van der Waals surface area (Å²) in [6, 6.07) is 27.1. The second-order valence-electron chi connectivity index (χ2n) is 13.9. The van der Waals surface area contributed by atoms with E-state index in [0.29, 0.717) is 17.0 Å². The number of imidazole rings is 1. The summed E-state index contributed by atoms with van der Waals surface area (Å²) in [5, 5.41) is 1.90. The van der Waals surface area contributed by atoms with Gasteiger partial charge in [-0.05, 0) is 48.3 Å². The molecule has 256 valence electrons. The van der Waals surface area contributed by atoms with Crippen LogP contribution in [-0.2, 0) is 28.5 Å². The van der Waals surface area contributed by atoms with E-state index in [-0.39, 0.29) is 16.5 Å². The lowest BCUT2D eigenvalue weighted by Crippen LogP contribution is -2.69. The zero-order valence-corrected chi connectivity index (χ0v) is 30.1. The molecule has 0 saturated carbocycles. The molecule has 2 aliphatic rings. The molecule has 0 aliphatic carbocycles. The average Bonchev–Trinajstić information content (AvgIpc) is 3.74. The van der Waals surface area contributed by atoms with Crippen LogP contribution in [0.4, 0.5) is 0 Å². The molecule has 2 saturated heterocycles. The van der Waals surface area contributed by atoms with E-state index in [1.807, 2.05) is 57.2 Å². The van der Waals surface area contributed by atoms with E-state index >= 15 is 0 Å². The van der Waals surface area contributed by atoms with Crippen LogP contribution in [0.5, 0.6) is 5.88 Å². The van der Waals surface area contributed by atoms with Crippen molar-refractivity contribution in [2.24, 2.45) is 0 Å². The first-order valence-corrected chi connectivity index (χ1v) is 19.6. The highest BCUT2D eigenvalue weighted by atomic mass is 32.2. The van der Waals surface area contributed by atoms with E-state index in [0.717, 1.165) is 15.9 Å². The van der Waals surface area contributed by atoms with Crippen molar-refractivity contribution < 1.29 is 31.2 Å². The van der Waals surface area contributed by atoms with E-state index in [1.165, 1.54) is 18.5 Å². The van der Waals surface area contributed by atoms with Crippen LogP contribution in [0.2, 0.25) is 5.04 Å². The van der Waals surface area contributed by atoms with Crippen LogP contribution in [0.25, 0.3) is 11.2 Å². The lowest BCUT2D eigenvalue weighted by Gasteiger charge is -2.42. The molecule has 4 atom stereocenters. The zero-order chi connectivity index (χ0) is 34.6. The molecular formula is C36H40N4O7SSi. The maximum absolute atomic E-state index is 13.0. The molecule has 13 heteroatoms. The molecule has 0 bridgehead atoms. The van der Waals surface area contributed by atoms with Crippen LogP contribution < -0.4 is 14.8 Å². The van der Waals surface area contributed by atoms with Gasteiger partial charge in [0.25, 0.3) is 10.1 Å². The van der Waals surface area contributed by atoms with Crippen LogP contribution in [0, 0.1) is 6.92 Å². The van der Waals surface area contributed by atoms with Gasteiger partial charge in [-0.2, -0.15) is 8.42 Å². The molecule has 0 radical (unpaired) electrons. The van der Waals surface area contributed by atoms with Gasteiger partial charge in [0.1, 0.15) is 24.6 Å². The van der Waals surface area contributed by atoms with Gasteiger partial charge in [0, 0.05) is 0 Å². The molecule has 49 heavy (non-hydrogen) atoms. The number of rotatable bonds is 9. The summed E-state index contributed by atoms with van der Waals surface area (Å²) in [6.07, 6.45) is 0.372. The van der Waals surface area contributed by atoms with E-state index < -0.39 is 48.8 Å². The second-order valence-corrected chi connectivity index (χ2v) is 19.8. The Morgan fingerprint density at radius 2 is 1.47 bits per heavy atom. The van der Waals surface area contributed by atoms with Crippen LogP contribution in [0.15, 0.2) is 102 Å². The molecule has 2 aromatic heterocycles. The quantitative estimate of drug-likeness (QED) is 0.155. The molecule has 11 nitrogen and oxygen atoms in total. The van der Waals surface area contributed by atoms with Gasteiger partial charge >= 0.3 is 8.32 Å². The summed E-state index contributed by atoms with van der Waals surface area (Å²) in [4.78, 5) is 14.1. The van der Waals surface area contributed by atoms with Crippen molar-refractivity contribution in [3.63, 3.8) is 0 Å². The Hall–Kier alpha value is -3.98. The number of aryl methyl sites for hydroxylation is 1. The number of fused-ring (bicyclic) bond motifs is 2. The second kappa shape index (κ2) is 12.4. The smallest absolute Gasteiger partial charge is 0.322 e. The molecule has 3 aromatic carbocycles. The normalized spacial score (nSPS) is 22.3. The fourth-order valence-electron chi connectivity index (χ4n) is 6.83. The van der Waals surface area contributed by atoms with E-state index in [1.54, 1.807) is 23.0 Å². The molecular weight excluding hydrogens is 661 g/mol. The molecule has 0 spiro atoms. The Morgan fingerprint density at radius 1 is 0.857 bits per heavy atom. The predicted molar refractivity (Wildman–Crippen MR) is 186 cm³/mol. The van der Waals surface area contributed by atoms with Crippen LogP contribution in [0.3, 0.4) is 0 Å². The monoisotopic (exact) mass is 700 g/mol. The van der Waals surface area contributed by atoms with Crippen molar-refractivity contribution >= 4 is 40.0 Å². The number of nitrogens with zero attached hydrogens (tertiary/aromatic N) is 4. The first-order chi connectivity index (χ1) is 23.3. The third-order valence-corrected chi connectivity index (χ3v) is 15.3. The molecule has 2 fully saturated rings. The standard InChI is InChI=1S/C36H40N4O7SSi/c1-24-17-19-25(20-18-24)48(41,42)43-21-28-30-31(46-36(5,6)45-30)34(44-28)40-23-39-29-32(40)37-22-38-33(29)47-49(35(2,3)4,26-13-9-7-10-14-26)27-15-11-8-12-16-27/h7-20,22-23,28,30-31,34H,21H2,1-6H3/t28-,30-,31-,34-/m1/s1. The lowest BCUT2D eigenvalue weighted by molar-refractivity contribution is -0.198. The predicted octanol–water partition coefficient (Wildman–Crippen LogP) is 4.90. The number of benzene rings is 3. The Labute approximate surface area is 287 Å². The Morgan fingerprint density at radius 3 is 2.08 bits per heavy atom. The molecule has 4 heterocycles. The Bertz CT molecular complexity index is 2010.